The van der Waals surface area contributed by atoms with E-state index in [1.165, 1.54) is 23.9 Å². The Balaban J connectivity index is 1.65. The Hall–Kier alpha value is -3.83. The van der Waals surface area contributed by atoms with E-state index < -0.39 is 11.8 Å². The van der Waals surface area contributed by atoms with Crippen LogP contribution in [0.1, 0.15) is 36.0 Å². The molecule has 0 amide bonds. The van der Waals surface area contributed by atoms with Gasteiger partial charge < -0.3 is 14.2 Å². The molecule has 0 N–H and O–H groups in total. The molecule has 0 spiro atoms. The van der Waals surface area contributed by atoms with Gasteiger partial charge in [0, 0.05) is 10.6 Å². The number of ether oxygens (including phenoxy) is 3. The molecule has 1 heterocycles. The molecule has 0 saturated heterocycles. The summed E-state index contributed by atoms with van der Waals surface area (Å²) in [5.41, 5.74) is 1.97. The molecule has 210 valence electrons. The van der Waals surface area contributed by atoms with Crippen LogP contribution in [0, 0.1) is 22.9 Å². The molecule has 0 fully saturated rings. The number of nitrogens with zero attached hydrogens (tertiary/aromatic N) is 4. The molecule has 0 bridgehead atoms. The van der Waals surface area contributed by atoms with Gasteiger partial charge in [0.15, 0.2) is 16.7 Å². The lowest BCUT2D eigenvalue weighted by molar-refractivity contribution is -0.479. The lowest BCUT2D eigenvalue weighted by Crippen LogP contribution is -2.12. The van der Waals surface area contributed by atoms with Gasteiger partial charge >= 0.3 is 0 Å². The zero-order valence-electron chi connectivity index (χ0n) is 22.2. The minimum absolute atomic E-state index is 0.0639. The summed E-state index contributed by atoms with van der Waals surface area (Å²) in [5, 5.41) is 20.2. The maximum absolute atomic E-state index is 13.6. The molecule has 12 heteroatoms. The van der Waals surface area contributed by atoms with Gasteiger partial charge in [-0.3, -0.25) is 14.7 Å². The number of hydrogen-bond donors (Lipinski definition) is 0. The molecule has 0 unspecified atom stereocenters. The van der Waals surface area contributed by atoms with E-state index in [2.05, 4.69) is 10.2 Å². The summed E-state index contributed by atoms with van der Waals surface area (Å²) in [4.78, 5) is 11.3. The van der Waals surface area contributed by atoms with Crippen LogP contribution in [0.4, 0.5) is 4.39 Å². The predicted molar refractivity (Wildman–Crippen MR) is 151 cm³/mol. The second kappa shape index (κ2) is 13.5. The highest BCUT2D eigenvalue weighted by atomic mass is 35.5. The lowest BCUT2D eigenvalue weighted by atomic mass is 10.1. The average molecular weight is 587 g/mol. The summed E-state index contributed by atoms with van der Waals surface area (Å²) in [7, 11) is 0. The number of halogens is 2. The smallest absolute Gasteiger partial charge is 0.220 e. The van der Waals surface area contributed by atoms with Crippen molar-refractivity contribution in [3.8, 4) is 22.9 Å². The molecule has 0 saturated carbocycles. The fourth-order valence-electron chi connectivity index (χ4n) is 4.01. The molecular weight excluding hydrogens is 559 g/mol. The van der Waals surface area contributed by atoms with Crippen molar-refractivity contribution in [1.82, 2.24) is 14.8 Å². The van der Waals surface area contributed by atoms with Crippen molar-refractivity contribution in [2.45, 2.75) is 37.8 Å². The summed E-state index contributed by atoms with van der Waals surface area (Å²) in [5.74, 6) is 1.59. The highest BCUT2D eigenvalue weighted by Crippen LogP contribution is 2.43. The van der Waals surface area contributed by atoms with Crippen molar-refractivity contribution >= 4 is 23.4 Å². The first-order valence-electron chi connectivity index (χ1n) is 12.6. The first-order chi connectivity index (χ1) is 19.3. The van der Waals surface area contributed by atoms with Gasteiger partial charge in [-0.05, 0) is 80.4 Å². The molecule has 0 aliphatic heterocycles. The fraction of sp³-hybridized carbons (Fsp3) is 0.286. The summed E-state index contributed by atoms with van der Waals surface area (Å²) >= 11 is 7.82. The number of thioether (sulfide) groups is 1. The van der Waals surface area contributed by atoms with Crippen LogP contribution in [-0.4, -0.2) is 39.4 Å². The second-order valence-corrected chi connectivity index (χ2v) is 10.2. The van der Waals surface area contributed by atoms with Crippen LogP contribution in [0.3, 0.4) is 0 Å². The number of benzene rings is 3. The molecule has 1 atom stereocenters. The Morgan fingerprint density at radius 2 is 1.80 bits per heavy atom. The zero-order valence-corrected chi connectivity index (χ0v) is 23.7. The second-order valence-electron chi connectivity index (χ2n) is 8.60. The summed E-state index contributed by atoms with van der Waals surface area (Å²) in [6.45, 7) is 6.06. The van der Waals surface area contributed by atoms with E-state index >= 15 is 0 Å². The van der Waals surface area contributed by atoms with Crippen LogP contribution in [0.25, 0.3) is 5.69 Å². The molecule has 3 aromatic carbocycles. The SMILES string of the molecule is CCOc1ccc(-n2c(C)nnc2S[C@@H](C[N+](=O)[O-])c2cc(Cl)c(OCc3cccc(F)c3)c(OCC)c2)cc1. The average Bonchev–Trinajstić information content (AvgIpc) is 3.28. The summed E-state index contributed by atoms with van der Waals surface area (Å²) < 4.78 is 32.7. The van der Waals surface area contributed by atoms with Crippen LogP contribution in [0.15, 0.2) is 65.8 Å². The molecule has 0 radical (unpaired) electrons. The predicted octanol–water partition coefficient (Wildman–Crippen LogP) is 6.85. The molecule has 0 aliphatic rings. The largest absolute Gasteiger partial charge is 0.494 e. The summed E-state index contributed by atoms with van der Waals surface area (Å²) in [6, 6.07) is 16.8. The van der Waals surface area contributed by atoms with Gasteiger partial charge in [0.2, 0.25) is 6.54 Å². The van der Waals surface area contributed by atoms with E-state index in [1.807, 2.05) is 49.6 Å². The Kier molecular flexibility index (Phi) is 9.84. The fourth-order valence-corrected chi connectivity index (χ4v) is 5.43. The standard InChI is InChI=1S/C28H28ClFN4O5S/c1-4-37-23-11-9-22(10-12-23)34-18(3)31-32-28(34)40-26(16-33(35)36)20-14-24(29)27(25(15-20)38-5-2)39-17-19-7-6-8-21(30)13-19/h6-15,26H,4-5,16-17H2,1-3H3/t26-/m0/s1. The molecule has 4 aromatic rings. The van der Waals surface area contributed by atoms with E-state index in [1.54, 1.807) is 24.3 Å². The van der Waals surface area contributed by atoms with Crippen molar-refractivity contribution in [3.05, 3.63) is 98.6 Å². The van der Waals surface area contributed by atoms with Crippen molar-refractivity contribution in [3.63, 3.8) is 0 Å². The first kappa shape index (κ1) is 29.2. The van der Waals surface area contributed by atoms with Crippen molar-refractivity contribution in [2.75, 3.05) is 19.8 Å². The first-order valence-corrected chi connectivity index (χ1v) is 13.8. The third kappa shape index (κ3) is 7.22. The van der Waals surface area contributed by atoms with Crippen molar-refractivity contribution < 1.29 is 23.5 Å². The highest BCUT2D eigenvalue weighted by molar-refractivity contribution is 7.99. The minimum atomic E-state index is -0.672. The van der Waals surface area contributed by atoms with Gasteiger partial charge in [-0.2, -0.15) is 0 Å². The number of aromatic nitrogens is 3. The van der Waals surface area contributed by atoms with E-state index in [4.69, 9.17) is 25.8 Å². The highest BCUT2D eigenvalue weighted by Gasteiger charge is 2.26. The zero-order chi connectivity index (χ0) is 28.6. The number of nitro groups is 1. The maximum atomic E-state index is 13.6. The van der Waals surface area contributed by atoms with Crippen LogP contribution in [-0.2, 0) is 6.61 Å². The van der Waals surface area contributed by atoms with Crippen LogP contribution in [0.5, 0.6) is 17.2 Å². The molecular formula is C28H28ClFN4O5S. The Morgan fingerprint density at radius 3 is 2.48 bits per heavy atom. The minimum Gasteiger partial charge on any atom is -0.494 e. The third-order valence-corrected chi connectivity index (χ3v) is 7.20. The topological polar surface area (TPSA) is 102 Å². The van der Waals surface area contributed by atoms with Crippen LogP contribution in [0.2, 0.25) is 5.02 Å². The molecule has 40 heavy (non-hydrogen) atoms. The molecule has 0 aliphatic carbocycles. The molecule has 9 nitrogen and oxygen atoms in total. The van der Waals surface area contributed by atoms with E-state index in [0.29, 0.717) is 41.1 Å². The van der Waals surface area contributed by atoms with E-state index in [-0.39, 0.29) is 28.1 Å². The Labute approximate surface area is 240 Å². The Morgan fingerprint density at radius 1 is 1.05 bits per heavy atom. The van der Waals surface area contributed by atoms with Gasteiger partial charge in [0.05, 0.1) is 18.2 Å². The lowest BCUT2D eigenvalue weighted by Gasteiger charge is -2.19. The van der Waals surface area contributed by atoms with Crippen molar-refractivity contribution in [2.24, 2.45) is 0 Å². The quantitative estimate of drug-likeness (QED) is 0.0951. The Bertz CT molecular complexity index is 1470. The number of rotatable bonds is 13. The molecule has 1 aromatic heterocycles. The van der Waals surface area contributed by atoms with Gasteiger partial charge in [0.1, 0.15) is 29.2 Å². The van der Waals surface area contributed by atoms with Gasteiger partial charge in [-0.1, -0.05) is 35.5 Å². The molecule has 4 rings (SSSR count). The summed E-state index contributed by atoms with van der Waals surface area (Å²) in [6.07, 6.45) is 0. The number of aryl methyl sites for hydroxylation is 1. The van der Waals surface area contributed by atoms with Crippen LogP contribution >= 0.6 is 23.4 Å². The third-order valence-electron chi connectivity index (χ3n) is 5.74. The van der Waals surface area contributed by atoms with E-state index in [9.17, 15) is 14.5 Å². The monoisotopic (exact) mass is 586 g/mol. The number of hydrogen-bond acceptors (Lipinski definition) is 8. The van der Waals surface area contributed by atoms with E-state index in [0.717, 1.165) is 11.4 Å². The van der Waals surface area contributed by atoms with Crippen LogP contribution < -0.4 is 14.2 Å². The maximum Gasteiger partial charge on any atom is 0.220 e. The van der Waals surface area contributed by atoms with Gasteiger partial charge in [-0.15, -0.1) is 10.2 Å². The van der Waals surface area contributed by atoms with Gasteiger partial charge in [-0.25, -0.2) is 4.39 Å². The van der Waals surface area contributed by atoms with Gasteiger partial charge in [0.25, 0.3) is 0 Å². The normalized spacial score (nSPS) is 11.7. The van der Waals surface area contributed by atoms with Crippen molar-refractivity contribution in [1.29, 1.82) is 0 Å².